The number of amides is 1. The number of nitrogens with zero attached hydrogens (tertiary/aromatic N) is 1. The van der Waals surface area contributed by atoms with Crippen LogP contribution in [-0.4, -0.2) is 27.3 Å². The molecule has 0 unspecified atom stereocenters. The summed E-state index contributed by atoms with van der Waals surface area (Å²) in [5.74, 6) is 0.624. The van der Waals surface area contributed by atoms with Crippen LogP contribution in [0.5, 0.6) is 0 Å². The lowest BCUT2D eigenvalue weighted by atomic mass is 9.49. The summed E-state index contributed by atoms with van der Waals surface area (Å²) in [5.41, 5.74) is -0.460. The number of nitrogens with one attached hydrogen (secondary N) is 1. The van der Waals surface area contributed by atoms with E-state index in [0.717, 1.165) is 32.1 Å². The van der Waals surface area contributed by atoms with Crippen LogP contribution in [0.3, 0.4) is 0 Å². The highest BCUT2D eigenvalue weighted by molar-refractivity contribution is 9.10. The molecule has 4 aliphatic rings. The zero-order chi connectivity index (χ0) is 19.4. The number of pyridine rings is 1. The van der Waals surface area contributed by atoms with Crippen LogP contribution in [0.25, 0.3) is 0 Å². The molecular formula is C19H21BrCl2N2O3. The van der Waals surface area contributed by atoms with Gasteiger partial charge in [0.2, 0.25) is 0 Å². The second-order valence-corrected chi connectivity index (χ2v) is 10.9. The standard InChI is InChI=1S/C19H21BrCl2N2O3/c1-10(16(25)24-15-14(22)3-13(21)8-23-15)27-17(26)18-4-11-2-12(5-18)7-19(20,6-11)9-18/h3,8,10-12H,2,4-7,9H2,1H3,(H,23,24,25)/t10-,11-,12-,18?,19?/m1/s1. The molecule has 8 heteroatoms. The highest BCUT2D eigenvalue weighted by atomic mass is 79.9. The zero-order valence-corrected chi connectivity index (χ0v) is 18.0. The zero-order valence-electron chi connectivity index (χ0n) is 14.9. The minimum Gasteiger partial charge on any atom is -0.452 e. The fourth-order valence-corrected chi connectivity index (χ4v) is 7.33. The van der Waals surface area contributed by atoms with Gasteiger partial charge in [-0.15, -0.1) is 0 Å². The van der Waals surface area contributed by atoms with E-state index < -0.39 is 17.4 Å². The quantitative estimate of drug-likeness (QED) is 0.491. The van der Waals surface area contributed by atoms with Crippen LogP contribution in [-0.2, 0) is 14.3 Å². The topological polar surface area (TPSA) is 68.3 Å². The maximum absolute atomic E-state index is 13.0. The van der Waals surface area contributed by atoms with E-state index in [1.54, 1.807) is 6.92 Å². The maximum Gasteiger partial charge on any atom is 0.312 e. The van der Waals surface area contributed by atoms with E-state index in [0.29, 0.717) is 16.9 Å². The Balaban J connectivity index is 1.42. The molecule has 0 saturated heterocycles. The molecule has 1 amide bonds. The van der Waals surface area contributed by atoms with Crippen molar-refractivity contribution in [3.8, 4) is 0 Å². The third-order valence-electron chi connectivity index (χ3n) is 6.13. The van der Waals surface area contributed by atoms with Crippen LogP contribution in [0, 0.1) is 17.3 Å². The van der Waals surface area contributed by atoms with Crippen molar-refractivity contribution in [3.63, 3.8) is 0 Å². The predicted octanol–water partition coefficient (Wildman–Crippen LogP) is 4.99. The molecule has 4 fully saturated rings. The first kappa shape index (κ1) is 19.5. The number of aromatic nitrogens is 1. The molecule has 1 heterocycles. The van der Waals surface area contributed by atoms with E-state index in [-0.39, 0.29) is 21.1 Å². The Morgan fingerprint density at radius 3 is 2.56 bits per heavy atom. The van der Waals surface area contributed by atoms with E-state index in [1.165, 1.54) is 18.7 Å². The summed E-state index contributed by atoms with van der Waals surface area (Å²) in [5, 5.41) is 3.21. The van der Waals surface area contributed by atoms with E-state index in [2.05, 4.69) is 26.2 Å². The first-order chi connectivity index (χ1) is 12.7. The Bertz CT molecular complexity index is 789. The van der Waals surface area contributed by atoms with Gasteiger partial charge in [0.05, 0.1) is 15.5 Å². The van der Waals surface area contributed by atoms with Gasteiger partial charge in [-0.25, -0.2) is 4.98 Å². The Morgan fingerprint density at radius 2 is 1.96 bits per heavy atom. The molecule has 3 atom stereocenters. The van der Waals surface area contributed by atoms with Crippen molar-refractivity contribution in [1.29, 1.82) is 0 Å². The van der Waals surface area contributed by atoms with Gasteiger partial charge in [0.1, 0.15) is 0 Å². The first-order valence-corrected chi connectivity index (χ1v) is 10.7. The second kappa shape index (κ2) is 6.89. The Hall–Kier alpha value is -0.850. The average Bonchev–Trinajstić information content (AvgIpc) is 2.55. The number of hydrogen-bond donors (Lipinski definition) is 1. The highest BCUT2D eigenvalue weighted by Gasteiger charge is 2.60. The van der Waals surface area contributed by atoms with Crippen LogP contribution in [0.4, 0.5) is 5.82 Å². The van der Waals surface area contributed by atoms with Crippen molar-refractivity contribution in [3.05, 3.63) is 22.3 Å². The second-order valence-electron chi connectivity index (χ2n) is 8.41. The first-order valence-electron chi connectivity index (χ1n) is 9.20. The van der Waals surface area contributed by atoms with Crippen LogP contribution in [0.2, 0.25) is 10.0 Å². The highest BCUT2D eigenvalue weighted by Crippen LogP contribution is 2.64. The van der Waals surface area contributed by atoms with Crippen molar-refractivity contribution in [2.75, 3.05) is 5.32 Å². The monoisotopic (exact) mass is 474 g/mol. The number of alkyl halides is 1. The van der Waals surface area contributed by atoms with Crippen molar-refractivity contribution in [2.24, 2.45) is 17.3 Å². The van der Waals surface area contributed by atoms with Gasteiger partial charge in [-0.1, -0.05) is 39.1 Å². The fourth-order valence-electron chi connectivity index (χ4n) is 5.45. The van der Waals surface area contributed by atoms with Crippen LogP contribution < -0.4 is 5.32 Å². The van der Waals surface area contributed by atoms with Crippen LogP contribution >= 0.6 is 39.1 Å². The number of hydrogen-bond acceptors (Lipinski definition) is 4. The molecule has 146 valence electrons. The summed E-state index contributed by atoms with van der Waals surface area (Å²) < 4.78 is 5.67. The van der Waals surface area contributed by atoms with Gasteiger partial charge in [-0.2, -0.15) is 0 Å². The van der Waals surface area contributed by atoms with E-state index in [4.69, 9.17) is 27.9 Å². The van der Waals surface area contributed by atoms with Gasteiger partial charge >= 0.3 is 5.97 Å². The number of esters is 1. The lowest BCUT2D eigenvalue weighted by Gasteiger charge is -2.58. The van der Waals surface area contributed by atoms with Crippen molar-refractivity contribution in [1.82, 2.24) is 4.98 Å². The summed E-state index contributed by atoms with van der Waals surface area (Å²) in [6.45, 7) is 1.57. The average molecular weight is 476 g/mol. The number of halogens is 3. The minimum atomic E-state index is -0.926. The summed E-state index contributed by atoms with van der Waals surface area (Å²) in [6, 6.07) is 1.49. The summed E-state index contributed by atoms with van der Waals surface area (Å²) in [4.78, 5) is 29.5. The molecule has 4 aliphatic carbocycles. The van der Waals surface area contributed by atoms with Gasteiger partial charge in [0, 0.05) is 10.5 Å². The SMILES string of the molecule is C[C@@H](OC(=O)C12C[C@H]3C[C@@H](CC(Br)(C3)C1)C2)C(=O)Nc1ncc(Cl)cc1Cl. The lowest BCUT2D eigenvalue weighted by molar-refractivity contribution is -0.175. The molecule has 1 N–H and O–H groups in total. The molecule has 5 nitrogen and oxygen atoms in total. The van der Waals surface area contributed by atoms with Crippen LogP contribution in [0.1, 0.15) is 45.4 Å². The minimum absolute atomic E-state index is 0.0579. The number of rotatable bonds is 4. The Morgan fingerprint density at radius 1 is 1.30 bits per heavy atom. The molecule has 1 aromatic heterocycles. The van der Waals surface area contributed by atoms with Gasteiger partial charge in [-0.05, 0) is 63.4 Å². The normalized spacial score (nSPS) is 35.0. The Kier molecular flexibility index (Phi) is 4.97. The predicted molar refractivity (Wildman–Crippen MR) is 107 cm³/mol. The maximum atomic E-state index is 13.0. The largest absolute Gasteiger partial charge is 0.452 e. The molecule has 1 aromatic rings. The van der Waals surface area contributed by atoms with E-state index in [1.807, 2.05) is 0 Å². The smallest absolute Gasteiger partial charge is 0.312 e. The molecule has 4 saturated carbocycles. The molecule has 4 bridgehead atoms. The van der Waals surface area contributed by atoms with Gasteiger partial charge < -0.3 is 10.1 Å². The van der Waals surface area contributed by atoms with Crippen molar-refractivity contribution in [2.45, 2.75) is 55.9 Å². The number of carbonyl (C=O) groups excluding carboxylic acids is 2. The summed E-state index contributed by atoms with van der Waals surface area (Å²) in [7, 11) is 0. The summed E-state index contributed by atoms with van der Waals surface area (Å²) in [6.07, 6.45) is 6.48. The van der Waals surface area contributed by atoms with Gasteiger partial charge in [-0.3, -0.25) is 9.59 Å². The number of ether oxygens (including phenoxy) is 1. The van der Waals surface area contributed by atoms with Crippen LogP contribution in [0.15, 0.2) is 12.3 Å². The Labute approximate surface area is 176 Å². The van der Waals surface area contributed by atoms with Gasteiger partial charge in [0.15, 0.2) is 11.9 Å². The molecule has 0 aromatic carbocycles. The van der Waals surface area contributed by atoms with Crippen molar-refractivity contribution >= 4 is 56.8 Å². The molecule has 0 spiro atoms. The van der Waals surface area contributed by atoms with E-state index >= 15 is 0 Å². The third-order valence-corrected chi connectivity index (χ3v) is 7.55. The van der Waals surface area contributed by atoms with Gasteiger partial charge in [0.25, 0.3) is 5.91 Å². The fraction of sp³-hybridized carbons (Fsp3) is 0.632. The third kappa shape index (κ3) is 3.73. The molecular weight excluding hydrogens is 455 g/mol. The van der Waals surface area contributed by atoms with Crippen molar-refractivity contribution < 1.29 is 14.3 Å². The van der Waals surface area contributed by atoms with E-state index in [9.17, 15) is 9.59 Å². The molecule has 0 aliphatic heterocycles. The number of anilines is 1. The molecule has 5 rings (SSSR count). The summed E-state index contributed by atoms with van der Waals surface area (Å²) >= 11 is 15.7. The lowest BCUT2D eigenvalue weighted by Crippen LogP contribution is -2.56. The molecule has 0 radical (unpaired) electrons. The molecule has 27 heavy (non-hydrogen) atoms. The number of carbonyl (C=O) groups is 2.